The van der Waals surface area contributed by atoms with Gasteiger partial charge in [0.1, 0.15) is 5.75 Å². The number of benzene rings is 2. The van der Waals surface area contributed by atoms with Crippen molar-refractivity contribution in [3.05, 3.63) is 65.2 Å². The lowest BCUT2D eigenvalue weighted by Gasteiger charge is -2.36. The quantitative estimate of drug-likeness (QED) is 0.865. The molecule has 0 spiro atoms. The lowest BCUT2D eigenvalue weighted by atomic mass is 10.0. The van der Waals surface area contributed by atoms with Gasteiger partial charge in [-0.1, -0.05) is 36.4 Å². The van der Waals surface area contributed by atoms with Gasteiger partial charge in [-0.05, 0) is 51.0 Å². The number of carbonyl (C=O) groups excluding carboxylic acids is 2. The first-order valence-corrected chi connectivity index (χ1v) is 8.56. The van der Waals surface area contributed by atoms with Crippen LogP contribution in [0.1, 0.15) is 42.3 Å². The van der Waals surface area contributed by atoms with E-state index in [4.69, 9.17) is 10.5 Å². The number of carbonyl (C=O) groups is 2. The summed E-state index contributed by atoms with van der Waals surface area (Å²) in [5.41, 5.74) is 7.27. The monoisotopic (exact) mass is 354 g/mol. The highest BCUT2D eigenvalue weighted by Gasteiger charge is 2.27. The molecule has 5 nitrogen and oxygen atoms in total. The summed E-state index contributed by atoms with van der Waals surface area (Å²) in [5.74, 6) is -0.401. The fourth-order valence-electron chi connectivity index (χ4n) is 2.64. The fourth-order valence-corrected chi connectivity index (χ4v) is 2.64. The molecule has 2 aromatic rings. The van der Waals surface area contributed by atoms with Crippen LogP contribution < -0.4 is 10.5 Å². The predicted octanol–water partition coefficient (Wildman–Crippen LogP) is 3.30. The minimum Gasteiger partial charge on any atom is -0.483 e. The second kappa shape index (κ2) is 8.04. The predicted molar refractivity (Wildman–Crippen MR) is 102 cm³/mol. The molecule has 0 unspecified atom stereocenters. The van der Waals surface area contributed by atoms with E-state index in [1.54, 1.807) is 23.1 Å². The van der Waals surface area contributed by atoms with Crippen LogP contribution in [-0.2, 0) is 11.3 Å². The summed E-state index contributed by atoms with van der Waals surface area (Å²) in [6.45, 7) is 8.16. The molecule has 0 aliphatic rings. The van der Waals surface area contributed by atoms with Crippen molar-refractivity contribution in [3.63, 3.8) is 0 Å². The van der Waals surface area contributed by atoms with E-state index in [1.165, 1.54) is 0 Å². The first-order chi connectivity index (χ1) is 12.2. The summed E-state index contributed by atoms with van der Waals surface area (Å²) < 4.78 is 5.66. The Kier molecular flexibility index (Phi) is 6.03. The molecule has 5 heteroatoms. The van der Waals surface area contributed by atoms with Crippen molar-refractivity contribution >= 4 is 11.8 Å². The molecule has 0 atom stereocenters. The van der Waals surface area contributed by atoms with Gasteiger partial charge in [-0.15, -0.1) is 0 Å². The zero-order valence-corrected chi connectivity index (χ0v) is 15.8. The molecule has 2 aromatic carbocycles. The molecule has 0 bridgehead atoms. The van der Waals surface area contributed by atoms with Crippen molar-refractivity contribution in [1.82, 2.24) is 4.90 Å². The van der Waals surface area contributed by atoms with E-state index >= 15 is 0 Å². The van der Waals surface area contributed by atoms with E-state index < -0.39 is 5.91 Å². The lowest BCUT2D eigenvalue weighted by molar-refractivity contribution is -0.139. The van der Waals surface area contributed by atoms with Crippen molar-refractivity contribution in [2.75, 3.05) is 6.61 Å². The number of nitrogens with zero attached hydrogens (tertiary/aromatic N) is 1. The van der Waals surface area contributed by atoms with E-state index in [0.717, 1.165) is 11.1 Å². The standard InChI is InChI=1S/C21H26N2O3/c1-15-10-11-17(20(22)25)18(12-15)26-14-19(24)23(21(2,3)4)13-16-8-6-5-7-9-16/h5-12H,13-14H2,1-4H3,(H2,22,25). The van der Waals surface area contributed by atoms with Crippen LogP contribution in [0, 0.1) is 6.92 Å². The molecular weight excluding hydrogens is 328 g/mol. The van der Waals surface area contributed by atoms with Crippen molar-refractivity contribution in [3.8, 4) is 5.75 Å². The van der Waals surface area contributed by atoms with Crippen molar-refractivity contribution < 1.29 is 14.3 Å². The second-order valence-electron chi connectivity index (χ2n) is 7.29. The summed E-state index contributed by atoms with van der Waals surface area (Å²) in [6, 6.07) is 14.9. The normalized spacial score (nSPS) is 11.1. The van der Waals surface area contributed by atoms with Crippen LogP contribution in [-0.4, -0.2) is 28.9 Å². The largest absolute Gasteiger partial charge is 0.483 e. The van der Waals surface area contributed by atoms with E-state index in [9.17, 15) is 9.59 Å². The summed E-state index contributed by atoms with van der Waals surface area (Å²) in [4.78, 5) is 26.1. The van der Waals surface area contributed by atoms with Crippen molar-refractivity contribution in [1.29, 1.82) is 0 Å². The van der Waals surface area contributed by atoms with Crippen LogP contribution in [0.15, 0.2) is 48.5 Å². The Balaban J connectivity index is 2.15. The summed E-state index contributed by atoms with van der Waals surface area (Å²) in [7, 11) is 0. The highest BCUT2D eigenvalue weighted by molar-refractivity contribution is 5.95. The maximum atomic E-state index is 12.8. The van der Waals surface area contributed by atoms with E-state index in [-0.39, 0.29) is 23.6 Å². The van der Waals surface area contributed by atoms with Crippen LogP contribution in [0.4, 0.5) is 0 Å². The summed E-state index contributed by atoms with van der Waals surface area (Å²) in [5, 5.41) is 0. The maximum Gasteiger partial charge on any atom is 0.261 e. The van der Waals surface area contributed by atoms with Gasteiger partial charge in [0.25, 0.3) is 11.8 Å². The number of hydrogen-bond acceptors (Lipinski definition) is 3. The molecule has 0 aromatic heterocycles. The maximum absolute atomic E-state index is 12.8. The third kappa shape index (κ3) is 5.09. The summed E-state index contributed by atoms with van der Waals surface area (Å²) >= 11 is 0. The Morgan fingerprint density at radius 2 is 1.73 bits per heavy atom. The van der Waals surface area contributed by atoms with Gasteiger partial charge >= 0.3 is 0 Å². The van der Waals surface area contributed by atoms with E-state index in [0.29, 0.717) is 12.3 Å². The van der Waals surface area contributed by atoms with Crippen LogP contribution >= 0.6 is 0 Å². The molecule has 0 saturated heterocycles. The minimum atomic E-state index is -0.579. The molecular formula is C21H26N2O3. The zero-order chi connectivity index (χ0) is 19.3. The van der Waals surface area contributed by atoms with Crippen LogP contribution in [0.25, 0.3) is 0 Å². The van der Waals surface area contributed by atoms with Gasteiger partial charge in [0.15, 0.2) is 6.61 Å². The molecule has 2 amide bonds. The topological polar surface area (TPSA) is 72.6 Å². The second-order valence-corrected chi connectivity index (χ2v) is 7.29. The molecule has 2 N–H and O–H groups in total. The SMILES string of the molecule is Cc1ccc(C(N)=O)c(OCC(=O)N(Cc2ccccc2)C(C)(C)C)c1. The Morgan fingerprint density at radius 3 is 2.31 bits per heavy atom. The average molecular weight is 354 g/mol. The molecule has 26 heavy (non-hydrogen) atoms. The number of aryl methyl sites for hydroxylation is 1. The number of hydrogen-bond donors (Lipinski definition) is 1. The smallest absolute Gasteiger partial charge is 0.261 e. The third-order valence-corrected chi connectivity index (χ3v) is 4.05. The number of primary amides is 1. The first-order valence-electron chi connectivity index (χ1n) is 8.56. The van der Waals surface area contributed by atoms with E-state index in [1.807, 2.05) is 58.0 Å². The molecule has 0 heterocycles. The average Bonchev–Trinajstić information content (AvgIpc) is 2.57. The van der Waals surface area contributed by atoms with Gasteiger partial charge in [-0.25, -0.2) is 0 Å². The highest BCUT2D eigenvalue weighted by atomic mass is 16.5. The molecule has 0 aliphatic heterocycles. The molecule has 0 aliphatic carbocycles. The number of amides is 2. The number of nitrogens with two attached hydrogens (primary N) is 1. The summed E-state index contributed by atoms with van der Waals surface area (Å²) in [6.07, 6.45) is 0. The molecule has 0 radical (unpaired) electrons. The van der Waals surface area contributed by atoms with Gasteiger partial charge in [-0.2, -0.15) is 0 Å². The van der Waals surface area contributed by atoms with Gasteiger partial charge in [-0.3, -0.25) is 9.59 Å². The molecule has 0 fully saturated rings. The van der Waals surface area contributed by atoms with Crippen molar-refractivity contribution in [2.45, 2.75) is 39.8 Å². The Morgan fingerprint density at radius 1 is 1.08 bits per heavy atom. The van der Waals surface area contributed by atoms with Crippen LogP contribution in [0.2, 0.25) is 0 Å². The Labute approximate surface area is 154 Å². The van der Waals surface area contributed by atoms with Gasteiger partial charge in [0.2, 0.25) is 0 Å². The van der Waals surface area contributed by atoms with Crippen LogP contribution in [0.5, 0.6) is 5.75 Å². The van der Waals surface area contributed by atoms with Gasteiger partial charge in [0.05, 0.1) is 5.56 Å². The van der Waals surface area contributed by atoms with Crippen LogP contribution in [0.3, 0.4) is 0 Å². The lowest BCUT2D eigenvalue weighted by Crippen LogP contribution is -2.47. The zero-order valence-electron chi connectivity index (χ0n) is 15.8. The molecule has 138 valence electrons. The van der Waals surface area contributed by atoms with Gasteiger partial charge in [0, 0.05) is 12.1 Å². The molecule has 0 saturated carbocycles. The Bertz CT molecular complexity index is 780. The van der Waals surface area contributed by atoms with Gasteiger partial charge < -0.3 is 15.4 Å². The Hall–Kier alpha value is -2.82. The van der Waals surface area contributed by atoms with E-state index in [2.05, 4.69) is 0 Å². The molecule has 2 rings (SSSR count). The number of rotatable bonds is 6. The van der Waals surface area contributed by atoms with Crippen molar-refractivity contribution in [2.24, 2.45) is 5.73 Å². The fraction of sp³-hybridized carbons (Fsp3) is 0.333. The first kappa shape index (κ1) is 19.5. The third-order valence-electron chi connectivity index (χ3n) is 4.05. The minimum absolute atomic E-state index is 0.154. The highest BCUT2D eigenvalue weighted by Crippen LogP contribution is 2.22. The number of ether oxygens (including phenoxy) is 1.